The molecule has 1 fully saturated rings. The zero-order valence-corrected chi connectivity index (χ0v) is 12.9. The Morgan fingerprint density at radius 3 is 3.14 bits per heavy atom. The van der Waals surface area contributed by atoms with E-state index in [2.05, 4.69) is 18.7 Å². The average Bonchev–Trinajstić information content (AvgIpc) is 2.53. The third-order valence-corrected chi connectivity index (χ3v) is 4.17. The molecule has 2 rings (SSSR count). The lowest BCUT2D eigenvalue weighted by Gasteiger charge is -2.32. The van der Waals surface area contributed by atoms with Crippen LogP contribution in [-0.4, -0.2) is 31.0 Å². The van der Waals surface area contributed by atoms with Crippen molar-refractivity contribution in [1.29, 1.82) is 0 Å². The maximum Gasteiger partial charge on any atom is 0.226 e. The molecular weight excluding hydrogens is 262 g/mol. The summed E-state index contributed by atoms with van der Waals surface area (Å²) in [4.78, 5) is 13.9. The molecule has 3 nitrogen and oxygen atoms in total. The summed E-state index contributed by atoms with van der Waals surface area (Å²) in [6.07, 6.45) is 6.68. The number of nitrogens with zero attached hydrogens (tertiary/aromatic N) is 1. The van der Waals surface area contributed by atoms with Crippen LogP contribution in [0.2, 0.25) is 0 Å². The SMILES string of the molecule is C=CCC(=O)N1CCCC(CCc2cccc(OC)c2)C1. The van der Waals surface area contributed by atoms with Crippen molar-refractivity contribution >= 4 is 5.91 Å². The van der Waals surface area contributed by atoms with Crippen LogP contribution >= 0.6 is 0 Å². The van der Waals surface area contributed by atoms with Gasteiger partial charge in [-0.3, -0.25) is 4.79 Å². The molecule has 0 aliphatic carbocycles. The van der Waals surface area contributed by atoms with Crippen molar-refractivity contribution in [3.05, 3.63) is 42.5 Å². The van der Waals surface area contributed by atoms with E-state index in [1.54, 1.807) is 13.2 Å². The first-order valence-corrected chi connectivity index (χ1v) is 7.74. The molecule has 3 heteroatoms. The Morgan fingerprint density at radius 1 is 1.52 bits per heavy atom. The number of hydrogen-bond donors (Lipinski definition) is 0. The highest BCUT2D eigenvalue weighted by molar-refractivity contribution is 5.77. The Kier molecular flexibility index (Phi) is 5.85. The number of likely N-dealkylation sites (tertiary alicyclic amines) is 1. The van der Waals surface area contributed by atoms with Crippen LogP contribution in [0.15, 0.2) is 36.9 Å². The molecule has 0 bridgehead atoms. The maximum absolute atomic E-state index is 11.9. The molecule has 0 spiro atoms. The first kappa shape index (κ1) is 15.6. The summed E-state index contributed by atoms with van der Waals surface area (Å²) in [6.45, 7) is 5.45. The molecule has 1 unspecified atom stereocenters. The average molecular weight is 287 g/mol. The number of carbonyl (C=O) groups excluding carboxylic acids is 1. The molecule has 0 radical (unpaired) electrons. The summed E-state index contributed by atoms with van der Waals surface area (Å²) < 4.78 is 5.26. The largest absolute Gasteiger partial charge is 0.497 e. The second-order valence-electron chi connectivity index (χ2n) is 5.73. The molecule has 114 valence electrons. The molecular formula is C18H25NO2. The molecule has 1 saturated heterocycles. The second kappa shape index (κ2) is 7.87. The fourth-order valence-corrected chi connectivity index (χ4v) is 2.98. The summed E-state index contributed by atoms with van der Waals surface area (Å²) in [5.74, 6) is 1.74. The minimum absolute atomic E-state index is 0.219. The number of methoxy groups -OCH3 is 1. The van der Waals surface area contributed by atoms with Crippen LogP contribution in [0, 0.1) is 5.92 Å². The van der Waals surface area contributed by atoms with Gasteiger partial charge in [-0.05, 0) is 49.3 Å². The predicted octanol–water partition coefficient (Wildman–Crippen LogP) is 3.44. The van der Waals surface area contributed by atoms with E-state index in [9.17, 15) is 4.79 Å². The smallest absolute Gasteiger partial charge is 0.226 e. The van der Waals surface area contributed by atoms with Gasteiger partial charge >= 0.3 is 0 Å². The van der Waals surface area contributed by atoms with E-state index in [0.29, 0.717) is 12.3 Å². The van der Waals surface area contributed by atoms with E-state index in [1.165, 1.54) is 12.0 Å². The predicted molar refractivity (Wildman–Crippen MR) is 85.4 cm³/mol. The molecule has 0 aromatic heterocycles. The number of benzene rings is 1. The third-order valence-electron chi connectivity index (χ3n) is 4.17. The van der Waals surface area contributed by atoms with Crippen LogP contribution in [0.3, 0.4) is 0 Å². The number of hydrogen-bond acceptors (Lipinski definition) is 2. The molecule has 1 aliphatic heterocycles. The molecule has 21 heavy (non-hydrogen) atoms. The molecule has 1 aromatic carbocycles. The number of rotatable bonds is 6. The van der Waals surface area contributed by atoms with Crippen molar-refractivity contribution in [2.24, 2.45) is 5.92 Å². The first-order chi connectivity index (χ1) is 10.2. The molecule has 1 heterocycles. The van der Waals surface area contributed by atoms with Gasteiger partial charge in [0.15, 0.2) is 0 Å². The zero-order valence-electron chi connectivity index (χ0n) is 12.9. The van der Waals surface area contributed by atoms with Gasteiger partial charge in [-0.15, -0.1) is 6.58 Å². The first-order valence-electron chi connectivity index (χ1n) is 7.74. The van der Waals surface area contributed by atoms with Crippen molar-refractivity contribution in [2.45, 2.75) is 32.1 Å². The topological polar surface area (TPSA) is 29.5 Å². The zero-order chi connectivity index (χ0) is 15.1. The highest BCUT2D eigenvalue weighted by Gasteiger charge is 2.22. The van der Waals surface area contributed by atoms with E-state index >= 15 is 0 Å². The van der Waals surface area contributed by atoms with Gasteiger partial charge in [0, 0.05) is 19.5 Å². The Hall–Kier alpha value is -1.77. The summed E-state index contributed by atoms with van der Waals surface area (Å²) in [5.41, 5.74) is 1.31. The minimum Gasteiger partial charge on any atom is -0.497 e. The van der Waals surface area contributed by atoms with E-state index in [1.807, 2.05) is 17.0 Å². The fourth-order valence-electron chi connectivity index (χ4n) is 2.98. The Balaban J connectivity index is 1.84. The van der Waals surface area contributed by atoms with E-state index in [-0.39, 0.29) is 5.91 Å². The maximum atomic E-state index is 11.9. The van der Waals surface area contributed by atoms with E-state index in [4.69, 9.17) is 4.74 Å². The number of ether oxygens (including phenoxy) is 1. The summed E-state index contributed by atoms with van der Waals surface area (Å²) >= 11 is 0. The van der Waals surface area contributed by atoms with Gasteiger partial charge in [-0.1, -0.05) is 18.2 Å². The fraction of sp³-hybridized carbons (Fsp3) is 0.500. The lowest BCUT2D eigenvalue weighted by atomic mass is 9.91. The number of aryl methyl sites for hydroxylation is 1. The van der Waals surface area contributed by atoms with Crippen molar-refractivity contribution in [2.75, 3.05) is 20.2 Å². The molecule has 1 aromatic rings. The van der Waals surface area contributed by atoms with Gasteiger partial charge in [-0.2, -0.15) is 0 Å². The van der Waals surface area contributed by atoms with Gasteiger partial charge < -0.3 is 9.64 Å². The van der Waals surface area contributed by atoms with Gasteiger partial charge in [0.2, 0.25) is 5.91 Å². The van der Waals surface area contributed by atoms with Crippen LogP contribution < -0.4 is 4.74 Å². The highest BCUT2D eigenvalue weighted by Crippen LogP contribution is 2.23. The highest BCUT2D eigenvalue weighted by atomic mass is 16.5. The minimum atomic E-state index is 0.219. The Morgan fingerprint density at radius 2 is 2.38 bits per heavy atom. The van der Waals surface area contributed by atoms with Crippen molar-refractivity contribution < 1.29 is 9.53 Å². The molecule has 1 atom stereocenters. The number of piperidine rings is 1. The Labute approximate surface area is 127 Å². The van der Waals surface area contributed by atoms with Gasteiger partial charge in [0.05, 0.1) is 7.11 Å². The Bertz CT molecular complexity index is 484. The van der Waals surface area contributed by atoms with Gasteiger partial charge in [0.25, 0.3) is 0 Å². The molecule has 1 amide bonds. The summed E-state index contributed by atoms with van der Waals surface area (Å²) in [5, 5.41) is 0. The number of amides is 1. The van der Waals surface area contributed by atoms with Crippen LogP contribution in [0.25, 0.3) is 0 Å². The van der Waals surface area contributed by atoms with Crippen molar-refractivity contribution in [1.82, 2.24) is 4.90 Å². The molecule has 0 saturated carbocycles. The standard InChI is InChI=1S/C18H25NO2/c1-3-6-18(20)19-12-5-8-16(14-19)11-10-15-7-4-9-17(13-15)21-2/h3-4,7,9,13,16H,1,5-6,8,10-12,14H2,2H3. The van der Waals surface area contributed by atoms with Crippen molar-refractivity contribution in [3.8, 4) is 5.75 Å². The van der Waals surface area contributed by atoms with Crippen LogP contribution in [0.4, 0.5) is 0 Å². The molecule has 0 N–H and O–H groups in total. The van der Waals surface area contributed by atoms with Crippen LogP contribution in [-0.2, 0) is 11.2 Å². The summed E-state index contributed by atoms with van der Waals surface area (Å²) in [6, 6.07) is 8.25. The van der Waals surface area contributed by atoms with Crippen LogP contribution in [0.1, 0.15) is 31.2 Å². The number of carbonyl (C=O) groups is 1. The normalized spacial score (nSPS) is 18.3. The third kappa shape index (κ3) is 4.62. The van der Waals surface area contributed by atoms with Crippen molar-refractivity contribution in [3.63, 3.8) is 0 Å². The lowest BCUT2D eigenvalue weighted by Crippen LogP contribution is -2.39. The lowest BCUT2D eigenvalue weighted by molar-refractivity contribution is -0.132. The summed E-state index contributed by atoms with van der Waals surface area (Å²) in [7, 11) is 1.70. The van der Waals surface area contributed by atoms with Crippen LogP contribution in [0.5, 0.6) is 5.75 Å². The van der Waals surface area contributed by atoms with Gasteiger partial charge in [-0.25, -0.2) is 0 Å². The second-order valence-corrected chi connectivity index (χ2v) is 5.73. The quantitative estimate of drug-likeness (QED) is 0.750. The van der Waals surface area contributed by atoms with E-state index < -0.39 is 0 Å². The van der Waals surface area contributed by atoms with Gasteiger partial charge in [0.1, 0.15) is 5.75 Å². The van der Waals surface area contributed by atoms with E-state index in [0.717, 1.165) is 38.1 Å². The molecule has 1 aliphatic rings. The monoisotopic (exact) mass is 287 g/mol.